The Hall–Kier alpha value is -6.41. The standard InChI is InChI=1S/C48H41N5O5S3/c1-57-52-39(38-31-61-47(49-38)51-48(35-22-12-5-13-23-35,36-24-14-6-15-25-36)37-26-16-7-17-27-37)43(54)50-40-44(55)53-41(34(28-29-59-2)30-60-45(40)53)46(56)58-42(32-18-8-3-9-19-32)33-20-10-4-11-21-33/h3-29,31,40,42,45H,30H2,1-2H3,(H,49,51)(H,50,54)/b29-28+,52-39+. The summed E-state index contributed by atoms with van der Waals surface area (Å²) in [5, 5.41) is 14.3. The van der Waals surface area contributed by atoms with Crippen molar-refractivity contribution in [2.45, 2.75) is 23.1 Å². The molecular weight excluding hydrogens is 823 g/mol. The summed E-state index contributed by atoms with van der Waals surface area (Å²) < 4.78 is 6.26. The number of hydrogen-bond donors (Lipinski definition) is 2. The predicted molar refractivity (Wildman–Crippen MR) is 244 cm³/mol. The zero-order chi connectivity index (χ0) is 42.2. The zero-order valence-corrected chi connectivity index (χ0v) is 35.7. The number of rotatable bonds is 15. The van der Waals surface area contributed by atoms with Crippen LogP contribution in [0.2, 0.25) is 0 Å². The third-order valence-corrected chi connectivity index (χ3v) is 12.8. The number of carbonyl (C=O) groups is 3. The van der Waals surface area contributed by atoms with Crippen LogP contribution in [0.5, 0.6) is 0 Å². The number of nitrogens with one attached hydrogen (secondary N) is 2. The van der Waals surface area contributed by atoms with Gasteiger partial charge in [-0.05, 0) is 51.1 Å². The summed E-state index contributed by atoms with van der Waals surface area (Å²) in [5.74, 6) is -1.31. The molecule has 1 saturated heterocycles. The van der Waals surface area contributed by atoms with Crippen molar-refractivity contribution in [1.82, 2.24) is 15.2 Å². The van der Waals surface area contributed by atoms with Gasteiger partial charge in [0.1, 0.15) is 35.5 Å². The first kappa shape index (κ1) is 41.3. The number of hydrogen-bond acceptors (Lipinski definition) is 11. The molecule has 13 heteroatoms. The van der Waals surface area contributed by atoms with Crippen LogP contribution in [0.1, 0.15) is 39.6 Å². The van der Waals surface area contributed by atoms with Crippen LogP contribution in [0.3, 0.4) is 0 Å². The number of β-lactam (4-membered cyclic amide) rings is 1. The van der Waals surface area contributed by atoms with Crippen molar-refractivity contribution in [2.24, 2.45) is 5.16 Å². The van der Waals surface area contributed by atoms with Gasteiger partial charge >= 0.3 is 5.97 Å². The second-order valence-electron chi connectivity index (χ2n) is 14.0. The molecule has 0 radical (unpaired) electrons. The maximum atomic E-state index is 14.3. The van der Waals surface area contributed by atoms with Crippen LogP contribution in [0, 0.1) is 0 Å². The van der Waals surface area contributed by atoms with Crippen molar-refractivity contribution in [3.63, 3.8) is 0 Å². The molecule has 0 bridgehead atoms. The molecule has 5 aromatic carbocycles. The topological polar surface area (TPSA) is 122 Å². The average Bonchev–Trinajstić information content (AvgIpc) is 3.79. The van der Waals surface area contributed by atoms with Gasteiger partial charge in [-0.1, -0.05) is 157 Å². The number of aromatic nitrogens is 1. The summed E-state index contributed by atoms with van der Waals surface area (Å²) in [6.07, 6.45) is 3.04. The molecule has 61 heavy (non-hydrogen) atoms. The SMILES string of the molecule is CO/N=C(/C(=O)NC1C(=O)N2C(C(=O)OC(c3ccccc3)c3ccccc3)=C(/C=C/SC)CSC12)c1csc(NC(c2ccccc2)(c2ccccc2)c2ccccc2)n1. The molecule has 0 spiro atoms. The van der Waals surface area contributed by atoms with Crippen LogP contribution in [0.15, 0.2) is 185 Å². The molecule has 2 aliphatic rings. The number of allylic oxidation sites excluding steroid dienone is 1. The van der Waals surface area contributed by atoms with Gasteiger partial charge < -0.3 is 20.2 Å². The summed E-state index contributed by atoms with van der Waals surface area (Å²) in [6.45, 7) is 0. The number of anilines is 1. The van der Waals surface area contributed by atoms with E-state index in [9.17, 15) is 14.4 Å². The van der Waals surface area contributed by atoms with Crippen molar-refractivity contribution >= 4 is 63.5 Å². The van der Waals surface area contributed by atoms with E-state index in [0.717, 1.165) is 27.8 Å². The number of benzene rings is 5. The lowest BCUT2D eigenvalue weighted by Gasteiger charge is -2.49. The van der Waals surface area contributed by atoms with Crippen molar-refractivity contribution in [3.8, 4) is 0 Å². The maximum absolute atomic E-state index is 14.3. The molecule has 8 rings (SSSR count). The number of esters is 1. The minimum atomic E-state index is -0.953. The Balaban J connectivity index is 1.05. The van der Waals surface area contributed by atoms with E-state index < -0.39 is 40.8 Å². The molecule has 0 saturated carbocycles. The smallest absolute Gasteiger partial charge is 0.356 e. The third-order valence-electron chi connectivity index (χ3n) is 10.4. The van der Waals surface area contributed by atoms with E-state index in [1.165, 1.54) is 46.9 Å². The second-order valence-corrected chi connectivity index (χ2v) is 16.7. The lowest BCUT2D eigenvalue weighted by Crippen LogP contribution is -2.71. The first-order valence-corrected chi connectivity index (χ1v) is 22.6. The average molecular weight is 864 g/mol. The molecule has 2 amide bonds. The minimum Gasteiger partial charge on any atom is -0.448 e. The monoisotopic (exact) mass is 863 g/mol. The molecule has 6 aromatic rings. The molecular formula is C48H41N5O5S3. The Morgan fingerprint density at radius 3 is 1.87 bits per heavy atom. The number of nitrogens with zero attached hydrogens (tertiary/aromatic N) is 3. The molecule has 2 aliphatic heterocycles. The number of thioether (sulfide) groups is 2. The highest BCUT2D eigenvalue weighted by atomic mass is 32.2. The fourth-order valence-electron chi connectivity index (χ4n) is 7.54. The predicted octanol–water partition coefficient (Wildman–Crippen LogP) is 8.76. The van der Waals surface area contributed by atoms with Gasteiger partial charge in [0.25, 0.3) is 11.8 Å². The normalized spacial score (nSPS) is 16.5. The van der Waals surface area contributed by atoms with Crippen molar-refractivity contribution in [2.75, 3.05) is 24.4 Å². The minimum absolute atomic E-state index is 0.101. The van der Waals surface area contributed by atoms with E-state index in [1.54, 1.807) is 5.38 Å². The van der Waals surface area contributed by atoms with Crippen LogP contribution in [0.25, 0.3) is 0 Å². The largest absolute Gasteiger partial charge is 0.448 e. The second kappa shape index (κ2) is 18.9. The highest BCUT2D eigenvalue weighted by Crippen LogP contribution is 2.43. The van der Waals surface area contributed by atoms with E-state index >= 15 is 0 Å². The third kappa shape index (κ3) is 8.49. The fraction of sp³-hybridized carbons (Fsp3) is 0.146. The summed E-state index contributed by atoms with van der Waals surface area (Å²) in [4.78, 5) is 54.0. The number of carbonyl (C=O) groups excluding carboxylic acids is 3. The summed E-state index contributed by atoms with van der Waals surface area (Å²) in [7, 11) is 1.35. The van der Waals surface area contributed by atoms with Crippen LogP contribution in [-0.2, 0) is 29.5 Å². The summed E-state index contributed by atoms with van der Waals surface area (Å²) in [6, 6.07) is 48.4. The Labute approximate surface area is 366 Å². The first-order chi connectivity index (χ1) is 29.9. The molecule has 10 nitrogen and oxygen atoms in total. The van der Waals surface area contributed by atoms with E-state index in [1.807, 2.05) is 133 Å². The fourth-order valence-corrected chi connectivity index (χ4v) is 9.91. The Kier molecular flexibility index (Phi) is 12.8. The molecule has 0 aliphatic carbocycles. The Bertz CT molecular complexity index is 2440. The van der Waals surface area contributed by atoms with Gasteiger partial charge in [-0.25, -0.2) is 9.78 Å². The highest BCUT2D eigenvalue weighted by Gasteiger charge is 2.55. The molecule has 2 unspecified atom stereocenters. The molecule has 3 heterocycles. The Morgan fingerprint density at radius 2 is 1.36 bits per heavy atom. The molecule has 2 atom stereocenters. The van der Waals surface area contributed by atoms with Crippen LogP contribution < -0.4 is 10.6 Å². The number of thiazole rings is 1. The van der Waals surface area contributed by atoms with Gasteiger partial charge in [0.05, 0.1) is 0 Å². The summed E-state index contributed by atoms with van der Waals surface area (Å²) >= 11 is 4.25. The van der Waals surface area contributed by atoms with Crippen molar-refractivity contribution in [1.29, 1.82) is 0 Å². The summed E-state index contributed by atoms with van der Waals surface area (Å²) in [5.41, 5.74) is 4.68. The van der Waals surface area contributed by atoms with Gasteiger partial charge in [0.15, 0.2) is 16.9 Å². The van der Waals surface area contributed by atoms with Gasteiger partial charge in [0, 0.05) is 11.1 Å². The van der Waals surface area contributed by atoms with Crippen LogP contribution in [-0.4, -0.2) is 63.9 Å². The number of ether oxygens (including phenoxy) is 1. The maximum Gasteiger partial charge on any atom is 0.356 e. The van der Waals surface area contributed by atoms with Gasteiger partial charge in [-0.3, -0.25) is 14.5 Å². The molecule has 1 fully saturated rings. The van der Waals surface area contributed by atoms with E-state index in [-0.39, 0.29) is 17.1 Å². The molecule has 306 valence electrons. The van der Waals surface area contributed by atoms with Crippen LogP contribution >= 0.6 is 34.9 Å². The first-order valence-electron chi connectivity index (χ1n) is 19.4. The van der Waals surface area contributed by atoms with Crippen molar-refractivity contribution < 1.29 is 24.0 Å². The number of amides is 2. The number of oxime groups is 1. The van der Waals surface area contributed by atoms with Gasteiger partial charge in [-0.15, -0.1) is 34.9 Å². The lowest BCUT2D eigenvalue weighted by molar-refractivity contribution is -0.154. The highest BCUT2D eigenvalue weighted by molar-refractivity contribution is 8.01. The van der Waals surface area contributed by atoms with Gasteiger partial charge in [-0.2, -0.15) is 0 Å². The van der Waals surface area contributed by atoms with E-state index in [4.69, 9.17) is 14.6 Å². The Morgan fingerprint density at radius 1 is 0.836 bits per heavy atom. The van der Waals surface area contributed by atoms with Crippen molar-refractivity contribution in [3.05, 3.63) is 213 Å². The van der Waals surface area contributed by atoms with E-state index in [0.29, 0.717) is 16.5 Å². The van der Waals surface area contributed by atoms with E-state index in [2.05, 4.69) is 52.2 Å². The quantitative estimate of drug-likeness (QED) is 0.0343. The molecule has 1 aromatic heterocycles. The molecule has 2 N–H and O–H groups in total. The zero-order valence-electron chi connectivity index (χ0n) is 33.2. The number of fused-ring (bicyclic) bond motifs is 1. The van der Waals surface area contributed by atoms with Crippen LogP contribution in [0.4, 0.5) is 5.13 Å². The lowest BCUT2D eigenvalue weighted by atomic mass is 9.77. The van der Waals surface area contributed by atoms with Gasteiger partial charge in [0.2, 0.25) is 0 Å².